The van der Waals surface area contributed by atoms with Crippen LogP contribution in [0.25, 0.3) is 10.9 Å². The molecule has 27 heavy (non-hydrogen) atoms. The van der Waals surface area contributed by atoms with Gasteiger partial charge in [0.2, 0.25) is 10.0 Å². The SMILES string of the molecule is Cc1cc(C(=O)N2C[C@@H](CS(=O)(=O)N(C)C)[C@H](O)C2)c2cc(F)ccc2n1. The summed E-state index contributed by atoms with van der Waals surface area (Å²) in [7, 11) is -0.638. The van der Waals surface area contributed by atoms with Gasteiger partial charge in [0, 0.05) is 44.2 Å². The Morgan fingerprint density at radius 1 is 1.33 bits per heavy atom. The lowest BCUT2D eigenvalue weighted by molar-refractivity contribution is 0.0766. The van der Waals surface area contributed by atoms with E-state index in [0.29, 0.717) is 22.2 Å². The van der Waals surface area contributed by atoms with Gasteiger partial charge in [-0.05, 0) is 31.2 Å². The largest absolute Gasteiger partial charge is 0.391 e. The number of likely N-dealkylation sites (tertiary alicyclic amines) is 1. The molecule has 2 atom stereocenters. The van der Waals surface area contributed by atoms with Crippen molar-refractivity contribution in [3.63, 3.8) is 0 Å². The number of halogens is 1. The predicted molar refractivity (Wildman–Crippen MR) is 99.3 cm³/mol. The van der Waals surface area contributed by atoms with Crippen LogP contribution in [0.5, 0.6) is 0 Å². The number of aryl methyl sites for hydroxylation is 1. The van der Waals surface area contributed by atoms with E-state index in [9.17, 15) is 22.7 Å². The highest BCUT2D eigenvalue weighted by atomic mass is 32.2. The lowest BCUT2D eigenvalue weighted by Gasteiger charge is -2.19. The van der Waals surface area contributed by atoms with E-state index >= 15 is 0 Å². The lowest BCUT2D eigenvalue weighted by Crippen LogP contribution is -2.33. The van der Waals surface area contributed by atoms with Crippen LogP contribution in [0.2, 0.25) is 0 Å². The third-order valence-electron chi connectivity index (χ3n) is 4.80. The monoisotopic (exact) mass is 395 g/mol. The molecule has 1 aliphatic heterocycles. The van der Waals surface area contributed by atoms with Crippen molar-refractivity contribution in [3.05, 3.63) is 41.3 Å². The number of amides is 1. The van der Waals surface area contributed by atoms with Crippen LogP contribution >= 0.6 is 0 Å². The average Bonchev–Trinajstić information content (AvgIpc) is 2.94. The Morgan fingerprint density at radius 3 is 2.70 bits per heavy atom. The van der Waals surface area contributed by atoms with Gasteiger partial charge >= 0.3 is 0 Å². The summed E-state index contributed by atoms with van der Waals surface area (Å²) in [6, 6.07) is 5.64. The minimum absolute atomic E-state index is 0.0324. The highest BCUT2D eigenvalue weighted by Crippen LogP contribution is 2.25. The summed E-state index contributed by atoms with van der Waals surface area (Å²) in [5.74, 6) is -1.67. The van der Waals surface area contributed by atoms with Gasteiger partial charge in [0.1, 0.15) is 5.82 Å². The fraction of sp³-hybridized carbons (Fsp3) is 0.444. The maximum atomic E-state index is 13.7. The molecular formula is C18H22FN3O4S. The second-order valence-corrected chi connectivity index (χ2v) is 9.30. The van der Waals surface area contributed by atoms with Gasteiger partial charge in [-0.2, -0.15) is 0 Å². The molecule has 3 rings (SSSR count). The number of rotatable bonds is 4. The van der Waals surface area contributed by atoms with Crippen LogP contribution in [-0.2, 0) is 10.0 Å². The van der Waals surface area contributed by atoms with E-state index in [0.717, 1.165) is 4.31 Å². The van der Waals surface area contributed by atoms with Crippen molar-refractivity contribution in [3.8, 4) is 0 Å². The molecule has 0 saturated carbocycles. The Morgan fingerprint density at radius 2 is 2.04 bits per heavy atom. The highest BCUT2D eigenvalue weighted by molar-refractivity contribution is 7.89. The summed E-state index contributed by atoms with van der Waals surface area (Å²) in [5.41, 5.74) is 1.41. The topological polar surface area (TPSA) is 90.8 Å². The molecule has 1 N–H and O–H groups in total. The second-order valence-electron chi connectivity index (χ2n) is 7.07. The van der Waals surface area contributed by atoms with Crippen molar-refractivity contribution >= 4 is 26.8 Å². The standard InChI is InChI=1S/C18H22FN3O4S/c1-11-6-15(14-7-13(19)4-5-16(14)20-11)18(24)22-8-12(17(23)9-22)10-27(25,26)21(2)3/h4-7,12,17,23H,8-10H2,1-3H3/t12-,17+/m0/s1. The number of fused-ring (bicyclic) bond motifs is 1. The molecule has 0 bridgehead atoms. The average molecular weight is 395 g/mol. The molecule has 0 unspecified atom stereocenters. The van der Waals surface area contributed by atoms with Gasteiger partial charge in [0.05, 0.1) is 22.9 Å². The first-order valence-electron chi connectivity index (χ1n) is 8.53. The molecule has 0 radical (unpaired) electrons. The molecule has 1 aliphatic rings. The number of aliphatic hydroxyl groups excluding tert-OH is 1. The number of nitrogens with zero attached hydrogens (tertiary/aromatic N) is 3. The molecule has 0 spiro atoms. The summed E-state index contributed by atoms with van der Waals surface area (Å²) in [6.45, 7) is 1.89. The quantitative estimate of drug-likeness (QED) is 0.834. The van der Waals surface area contributed by atoms with E-state index in [1.54, 1.807) is 13.0 Å². The van der Waals surface area contributed by atoms with Crippen LogP contribution in [0.15, 0.2) is 24.3 Å². The summed E-state index contributed by atoms with van der Waals surface area (Å²) in [6.07, 6.45) is -0.936. The van der Waals surface area contributed by atoms with Gasteiger partial charge in [-0.3, -0.25) is 9.78 Å². The molecule has 146 valence electrons. The molecule has 1 amide bonds. The van der Waals surface area contributed by atoms with Gasteiger partial charge in [-0.15, -0.1) is 0 Å². The summed E-state index contributed by atoms with van der Waals surface area (Å²) >= 11 is 0. The van der Waals surface area contributed by atoms with Gasteiger partial charge in [0.25, 0.3) is 5.91 Å². The molecule has 7 nitrogen and oxygen atoms in total. The van der Waals surface area contributed by atoms with Crippen molar-refractivity contribution in [2.45, 2.75) is 13.0 Å². The maximum Gasteiger partial charge on any atom is 0.254 e. The van der Waals surface area contributed by atoms with Crippen molar-refractivity contribution in [1.29, 1.82) is 0 Å². The Bertz CT molecular complexity index is 994. The highest BCUT2D eigenvalue weighted by Gasteiger charge is 2.38. The molecule has 1 saturated heterocycles. The van der Waals surface area contributed by atoms with Crippen LogP contribution in [-0.4, -0.2) is 72.7 Å². The summed E-state index contributed by atoms with van der Waals surface area (Å²) in [5, 5.41) is 10.7. The number of sulfonamides is 1. The van der Waals surface area contributed by atoms with Crippen molar-refractivity contribution < 1.29 is 22.7 Å². The van der Waals surface area contributed by atoms with E-state index < -0.39 is 27.9 Å². The molecule has 1 fully saturated rings. The fourth-order valence-electron chi connectivity index (χ4n) is 3.28. The molecule has 2 aromatic rings. The molecule has 2 heterocycles. The first-order chi connectivity index (χ1) is 12.6. The van der Waals surface area contributed by atoms with Crippen molar-refractivity contribution in [2.24, 2.45) is 5.92 Å². The zero-order valence-corrected chi connectivity index (χ0v) is 16.2. The summed E-state index contributed by atoms with van der Waals surface area (Å²) in [4.78, 5) is 18.7. The minimum atomic E-state index is -3.50. The number of aromatic nitrogens is 1. The number of pyridine rings is 1. The number of carbonyl (C=O) groups excluding carboxylic acids is 1. The minimum Gasteiger partial charge on any atom is -0.391 e. The van der Waals surface area contributed by atoms with Gasteiger partial charge in [-0.1, -0.05) is 0 Å². The Kier molecular flexibility index (Phi) is 5.20. The third kappa shape index (κ3) is 3.95. The molecule has 1 aromatic carbocycles. The van der Waals surface area contributed by atoms with Gasteiger partial charge < -0.3 is 10.0 Å². The van der Waals surface area contributed by atoms with Gasteiger partial charge in [-0.25, -0.2) is 17.1 Å². The van der Waals surface area contributed by atoms with Crippen LogP contribution in [0.4, 0.5) is 4.39 Å². The lowest BCUT2D eigenvalue weighted by atomic mass is 10.1. The van der Waals surface area contributed by atoms with Crippen LogP contribution in [0, 0.1) is 18.7 Å². The first kappa shape index (κ1) is 19.7. The maximum absolute atomic E-state index is 13.7. The Balaban J connectivity index is 1.89. The van der Waals surface area contributed by atoms with Crippen LogP contribution in [0.3, 0.4) is 0 Å². The number of benzene rings is 1. The van der Waals surface area contributed by atoms with Crippen LogP contribution < -0.4 is 0 Å². The summed E-state index contributed by atoms with van der Waals surface area (Å²) < 4.78 is 39.0. The number of β-amino-alcohol motifs (C(OH)–C–C–N with tert-alkyl or cyclic N) is 1. The fourth-order valence-corrected chi connectivity index (χ4v) is 4.45. The number of hydrogen-bond acceptors (Lipinski definition) is 5. The van der Waals surface area contributed by atoms with E-state index in [1.165, 1.54) is 37.2 Å². The number of aliphatic hydroxyl groups is 1. The Hall–Kier alpha value is -2.10. The van der Waals surface area contributed by atoms with Gasteiger partial charge in [0.15, 0.2) is 0 Å². The van der Waals surface area contributed by atoms with Crippen molar-refractivity contribution in [2.75, 3.05) is 32.9 Å². The van der Waals surface area contributed by atoms with E-state index in [4.69, 9.17) is 0 Å². The zero-order chi connectivity index (χ0) is 19.9. The molecule has 0 aliphatic carbocycles. The Labute approximate surface area is 157 Å². The first-order valence-corrected chi connectivity index (χ1v) is 10.1. The second kappa shape index (κ2) is 7.14. The molecule has 9 heteroatoms. The number of hydrogen-bond donors (Lipinski definition) is 1. The normalized spacial score (nSPS) is 20.6. The molecular weight excluding hydrogens is 373 g/mol. The van der Waals surface area contributed by atoms with Crippen molar-refractivity contribution in [1.82, 2.24) is 14.2 Å². The number of carbonyl (C=O) groups is 1. The van der Waals surface area contributed by atoms with E-state index in [1.807, 2.05) is 0 Å². The zero-order valence-electron chi connectivity index (χ0n) is 15.4. The molecule has 1 aromatic heterocycles. The van der Waals surface area contributed by atoms with E-state index in [-0.39, 0.29) is 24.7 Å². The predicted octanol–water partition coefficient (Wildman–Crippen LogP) is 1.01. The smallest absolute Gasteiger partial charge is 0.254 e. The van der Waals surface area contributed by atoms with Crippen LogP contribution in [0.1, 0.15) is 16.1 Å². The van der Waals surface area contributed by atoms with E-state index in [2.05, 4.69) is 4.98 Å². The third-order valence-corrected chi connectivity index (χ3v) is 6.77.